The van der Waals surface area contributed by atoms with E-state index in [9.17, 15) is 9.59 Å². The van der Waals surface area contributed by atoms with Gasteiger partial charge in [-0.3, -0.25) is 9.59 Å². The summed E-state index contributed by atoms with van der Waals surface area (Å²) in [6, 6.07) is 0. The van der Waals surface area contributed by atoms with E-state index in [1.54, 1.807) is 0 Å². The van der Waals surface area contributed by atoms with E-state index in [0.717, 1.165) is 38.8 Å². The fraction of sp³-hybridized carbons (Fsp3) is 0.789. The van der Waals surface area contributed by atoms with E-state index in [1.165, 1.54) is 37.7 Å². The number of carbonyl (C=O) groups excluding carboxylic acids is 2. The van der Waals surface area contributed by atoms with Gasteiger partial charge in [-0.2, -0.15) is 0 Å². The van der Waals surface area contributed by atoms with Crippen molar-refractivity contribution in [1.29, 1.82) is 0 Å². The highest BCUT2D eigenvalue weighted by Crippen LogP contribution is 2.48. The number of nitrogens with zero attached hydrogens (tertiary/aromatic N) is 1. The van der Waals surface area contributed by atoms with Crippen molar-refractivity contribution >= 4 is 11.8 Å². The van der Waals surface area contributed by atoms with Crippen LogP contribution in [0.15, 0.2) is 11.6 Å². The number of allylic oxidation sites excluding steroid dienone is 1. The lowest BCUT2D eigenvalue weighted by molar-refractivity contribution is -0.145. The smallest absolute Gasteiger partial charge is 0.238 e. The Hall–Kier alpha value is -1.32. The Labute approximate surface area is 139 Å². The quantitative estimate of drug-likeness (QED) is 0.626. The Morgan fingerprint density at radius 3 is 2.78 bits per heavy atom. The lowest BCUT2D eigenvalue weighted by Crippen LogP contribution is -2.48. The molecule has 23 heavy (non-hydrogen) atoms. The van der Waals surface area contributed by atoms with E-state index in [-0.39, 0.29) is 11.8 Å². The Balaban J connectivity index is 1.49. The van der Waals surface area contributed by atoms with Gasteiger partial charge in [0.15, 0.2) is 0 Å². The molecule has 1 unspecified atom stereocenters. The van der Waals surface area contributed by atoms with Gasteiger partial charge in [0.1, 0.15) is 5.41 Å². The lowest BCUT2D eigenvalue weighted by Gasteiger charge is -2.33. The van der Waals surface area contributed by atoms with Crippen molar-refractivity contribution in [1.82, 2.24) is 10.2 Å². The summed E-state index contributed by atoms with van der Waals surface area (Å²) in [6.07, 6.45) is 11.9. The second-order valence-corrected chi connectivity index (χ2v) is 7.69. The van der Waals surface area contributed by atoms with Gasteiger partial charge in [0, 0.05) is 19.6 Å². The number of likely N-dealkylation sites (tertiary alicyclic amines) is 1. The van der Waals surface area contributed by atoms with Gasteiger partial charge in [-0.15, -0.1) is 0 Å². The minimum absolute atomic E-state index is 0.0304. The third-order valence-corrected chi connectivity index (χ3v) is 5.65. The normalized spacial score (nSPS) is 26.4. The largest absolute Gasteiger partial charge is 0.355 e. The number of rotatable bonds is 5. The number of amides is 2. The molecule has 1 atom stereocenters. The van der Waals surface area contributed by atoms with Crippen LogP contribution in [0, 0.1) is 11.3 Å². The molecule has 0 aromatic heterocycles. The summed E-state index contributed by atoms with van der Waals surface area (Å²) >= 11 is 0. The van der Waals surface area contributed by atoms with E-state index in [0.29, 0.717) is 12.5 Å². The summed E-state index contributed by atoms with van der Waals surface area (Å²) in [5, 5.41) is 3.04. The SMILES string of the molecule is CC1CCCN(C(=O)C2(C(=O)NCCC3=CCCCC3)CC2)C1. The van der Waals surface area contributed by atoms with Crippen LogP contribution in [0.1, 0.15) is 64.7 Å². The molecule has 0 spiro atoms. The Bertz CT molecular complexity index is 494. The van der Waals surface area contributed by atoms with E-state index in [1.807, 2.05) is 4.90 Å². The summed E-state index contributed by atoms with van der Waals surface area (Å²) in [7, 11) is 0. The van der Waals surface area contributed by atoms with E-state index in [4.69, 9.17) is 0 Å². The van der Waals surface area contributed by atoms with Gasteiger partial charge in [0.25, 0.3) is 0 Å². The maximum absolute atomic E-state index is 12.8. The summed E-state index contributed by atoms with van der Waals surface area (Å²) < 4.78 is 0. The molecule has 1 N–H and O–H groups in total. The van der Waals surface area contributed by atoms with Gasteiger partial charge in [-0.25, -0.2) is 0 Å². The van der Waals surface area contributed by atoms with E-state index in [2.05, 4.69) is 18.3 Å². The zero-order valence-corrected chi connectivity index (χ0v) is 14.4. The first-order chi connectivity index (χ1) is 11.1. The highest BCUT2D eigenvalue weighted by atomic mass is 16.2. The van der Waals surface area contributed by atoms with Crippen molar-refractivity contribution in [3.05, 3.63) is 11.6 Å². The Morgan fingerprint density at radius 2 is 2.13 bits per heavy atom. The van der Waals surface area contributed by atoms with Crippen LogP contribution in [-0.2, 0) is 9.59 Å². The second-order valence-electron chi connectivity index (χ2n) is 7.69. The topological polar surface area (TPSA) is 49.4 Å². The number of piperidine rings is 1. The molecule has 4 nitrogen and oxygen atoms in total. The first-order valence-electron chi connectivity index (χ1n) is 9.37. The van der Waals surface area contributed by atoms with Gasteiger partial charge in [0.2, 0.25) is 11.8 Å². The monoisotopic (exact) mass is 318 g/mol. The third kappa shape index (κ3) is 3.78. The molecular weight excluding hydrogens is 288 g/mol. The maximum Gasteiger partial charge on any atom is 0.238 e. The molecule has 0 bridgehead atoms. The molecule has 2 aliphatic carbocycles. The van der Waals surface area contributed by atoms with E-state index >= 15 is 0 Å². The third-order valence-electron chi connectivity index (χ3n) is 5.65. The fourth-order valence-electron chi connectivity index (χ4n) is 3.98. The molecule has 1 saturated heterocycles. The standard InChI is InChI=1S/C19H30N2O2/c1-15-6-5-13-21(14-15)18(23)19(10-11-19)17(22)20-12-9-16-7-3-2-4-8-16/h7,15H,2-6,8-14H2,1H3,(H,20,22). The van der Waals surface area contributed by atoms with Crippen LogP contribution in [0.2, 0.25) is 0 Å². The number of hydrogen-bond acceptors (Lipinski definition) is 2. The van der Waals surface area contributed by atoms with Crippen molar-refractivity contribution in [3.8, 4) is 0 Å². The van der Waals surface area contributed by atoms with Crippen molar-refractivity contribution < 1.29 is 9.59 Å². The Kier molecular flexibility index (Phi) is 5.08. The minimum Gasteiger partial charge on any atom is -0.355 e. The molecule has 0 aromatic carbocycles. The van der Waals surface area contributed by atoms with Crippen LogP contribution in [0.5, 0.6) is 0 Å². The molecule has 0 radical (unpaired) electrons. The van der Waals surface area contributed by atoms with Crippen LogP contribution in [0.4, 0.5) is 0 Å². The van der Waals surface area contributed by atoms with Gasteiger partial charge in [-0.05, 0) is 63.7 Å². The average molecular weight is 318 g/mol. The zero-order valence-electron chi connectivity index (χ0n) is 14.4. The summed E-state index contributed by atoms with van der Waals surface area (Å²) in [5.41, 5.74) is 0.746. The molecule has 128 valence electrons. The number of nitrogens with one attached hydrogen (secondary N) is 1. The maximum atomic E-state index is 12.8. The molecular formula is C19H30N2O2. The molecule has 1 saturated carbocycles. The van der Waals surface area contributed by atoms with Crippen LogP contribution in [0.3, 0.4) is 0 Å². The fourth-order valence-corrected chi connectivity index (χ4v) is 3.98. The van der Waals surface area contributed by atoms with Crippen LogP contribution < -0.4 is 5.32 Å². The molecule has 1 aliphatic heterocycles. The molecule has 0 aromatic rings. The summed E-state index contributed by atoms with van der Waals surface area (Å²) in [4.78, 5) is 27.3. The highest BCUT2D eigenvalue weighted by molar-refractivity contribution is 6.07. The number of hydrogen-bond donors (Lipinski definition) is 1. The molecule has 4 heteroatoms. The van der Waals surface area contributed by atoms with Crippen LogP contribution in [0.25, 0.3) is 0 Å². The van der Waals surface area contributed by atoms with Gasteiger partial charge >= 0.3 is 0 Å². The van der Waals surface area contributed by atoms with Gasteiger partial charge in [-0.1, -0.05) is 18.6 Å². The minimum atomic E-state index is -0.724. The van der Waals surface area contributed by atoms with Gasteiger partial charge < -0.3 is 10.2 Å². The van der Waals surface area contributed by atoms with Crippen LogP contribution in [-0.4, -0.2) is 36.3 Å². The average Bonchev–Trinajstić information content (AvgIpc) is 3.37. The first kappa shape index (κ1) is 16.5. The van der Waals surface area contributed by atoms with Gasteiger partial charge in [0.05, 0.1) is 0 Å². The summed E-state index contributed by atoms with van der Waals surface area (Å²) in [5.74, 6) is 0.611. The van der Waals surface area contributed by atoms with Crippen molar-refractivity contribution in [3.63, 3.8) is 0 Å². The predicted octanol–water partition coefficient (Wildman–Crippen LogP) is 3.03. The molecule has 3 rings (SSSR count). The highest BCUT2D eigenvalue weighted by Gasteiger charge is 2.58. The zero-order chi connectivity index (χ0) is 16.3. The first-order valence-corrected chi connectivity index (χ1v) is 9.37. The molecule has 1 heterocycles. The number of carbonyl (C=O) groups is 2. The molecule has 2 fully saturated rings. The second kappa shape index (κ2) is 7.06. The molecule has 3 aliphatic rings. The lowest BCUT2D eigenvalue weighted by atomic mass is 9.96. The summed E-state index contributed by atoms with van der Waals surface area (Å²) in [6.45, 7) is 4.51. The van der Waals surface area contributed by atoms with Crippen molar-refractivity contribution in [2.24, 2.45) is 11.3 Å². The predicted molar refractivity (Wildman–Crippen MR) is 90.8 cm³/mol. The van der Waals surface area contributed by atoms with E-state index < -0.39 is 5.41 Å². The van der Waals surface area contributed by atoms with Crippen molar-refractivity contribution in [2.75, 3.05) is 19.6 Å². The van der Waals surface area contributed by atoms with Crippen molar-refractivity contribution in [2.45, 2.75) is 64.7 Å². The Morgan fingerprint density at radius 1 is 1.30 bits per heavy atom. The van der Waals surface area contributed by atoms with Crippen LogP contribution >= 0.6 is 0 Å². The molecule has 2 amide bonds.